The van der Waals surface area contributed by atoms with Crippen molar-refractivity contribution in [3.63, 3.8) is 0 Å². The number of aliphatic imine (C=N–C) groups is 1. The van der Waals surface area contributed by atoms with E-state index in [0.29, 0.717) is 35.5 Å². The molecule has 1 spiro atoms. The van der Waals surface area contributed by atoms with Crippen LogP contribution >= 0.6 is 0 Å². The van der Waals surface area contributed by atoms with Crippen molar-refractivity contribution >= 4 is 5.96 Å². The fourth-order valence-corrected chi connectivity index (χ4v) is 4.49. The van der Waals surface area contributed by atoms with E-state index in [1.54, 1.807) is 19.2 Å². The van der Waals surface area contributed by atoms with Gasteiger partial charge in [-0.3, -0.25) is 0 Å². The number of benzene rings is 2. The zero-order chi connectivity index (χ0) is 20.9. The van der Waals surface area contributed by atoms with Crippen molar-refractivity contribution in [2.75, 3.05) is 20.3 Å². The zero-order valence-corrected chi connectivity index (χ0v) is 16.6. The van der Waals surface area contributed by atoms with Crippen LogP contribution in [0.15, 0.2) is 41.4 Å². The van der Waals surface area contributed by atoms with Gasteiger partial charge in [0.25, 0.3) is 0 Å². The SMILES string of the molecule is CN1OC2(CC(C3CCCOC3)Oc3ccc(-c4cc(F)cc(F)c4)cc32)N=C1N. The first-order chi connectivity index (χ1) is 14.4. The molecule has 0 aliphatic carbocycles. The molecule has 0 aromatic heterocycles. The minimum Gasteiger partial charge on any atom is -0.489 e. The third kappa shape index (κ3) is 3.30. The van der Waals surface area contributed by atoms with Crippen LogP contribution in [0.1, 0.15) is 24.8 Å². The van der Waals surface area contributed by atoms with Crippen molar-refractivity contribution in [2.45, 2.75) is 31.1 Å². The van der Waals surface area contributed by atoms with Crippen LogP contribution in [0.5, 0.6) is 5.75 Å². The molecule has 30 heavy (non-hydrogen) atoms. The van der Waals surface area contributed by atoms with Crippen molar-refractivity contribution in [2.24, 2.45) is 16.6 Å². The largest absolute Gasteiger partial charge is 0.489 e. The minimum atomic E-state index is -1.05. The van der Waals surface area contributed by atoms with Crippen molar-refractivity contribution in [3.05, 3.63) is 53.6 Å². The molecule has 2 aromatic carbocycles. The lowest BCUT2D eigenvalue weighted by Crippen LogP contribution is -2.44. The number of fused-ring (bicyclic) bond motifs is 2. The molecular weight excluding hydrogens is 392 g/mol. The van der Waals surface area contributed by atoms with E-state index in [-0.39, 0.29) is 18.0 Å². The first-order valence-electron chi connectivity index (χ1n) is 10.1. The summed E-state index contributed by atoms with van der Waals surface area (Å²) in [7, 11) is 1.70. The Bertz CT molecular complexity index is 989. The predicted octanol–water partition coefficient (Wildman–Crippen LogP) is 3.55. The van der Waals surface area contributed by atoms with Gasteiger partial charge in [-0.15, -0.1) is 0 Å². The van der Waals surface area contributed by atoms with Gasteiger partial charge in [0.15, 0.2) is 0 Å². The molecule has 3 aliphatic heterocycles. The van der Waals surface area contributed by atoms with Crippen molar-refractivity contribution < 1.29 is 23.1 Å². The molecule has 3 heterocycles. The lowest BCUT2D eigenvalue weighted by molar-refractivity contribution is -0.196. The smallest absolute Gasteiger partial charge is 0.221 e. The summed E-state index contributed by atoms with van der Waals surface area (Å²) < 4.78 is 39.5. The molecule has 2 aromatic rings. The highest BCUT2D eigenvalue weighted by Crippen LogP contribution is 2.48. The second-order valence-corrected chi connectivity index (χ2v) is 8.05. The molecule has 0 amide bonds. The molecule has 1 fully saturated rings. The number of nitrogens with two attached hydrogens (primary N) is 1. The maximum Gasteiger partial charge on any atom is 0.221 e. The Morgan fingerprint density at radius 3 is 2.60 bits per heavy atom. The van der Waals surface area contributed by atoms with E-state index < -0.39 is 17.4 Å². The highest BCUT2D eigenvalue weighted by atomic mass is 19.1. The second kappa shape index (κ2) is 7.21. The van der Waals surface area contributed by atoms with Gasteiger partial charge in [0.05, 0.1) is 12.2 Å². The Kier molecular flexibility index (Phi) is 4.63. The van der Waals surface area contributed by atoms with Gasteiger partial charge in [-0.1, -0.05) is 6.07 Å². The van der Waals surface area contributed by atoms with Crippen LogP contribution < -0.4 is 10.5 Å². The summed E-state index contributed by atoms with van der Waals surface area (Å²) in [6, 6.07) is 8.84. The summed E-state index contributed by atoms with van der Waals surface area (Å²) >= 11 is 0. The van der Waals surface area contributed by atoms with Crippen LogP contribution in [0.25, 0.3) is 11.1 Å². The first kappa shape index (κ1) is 19.3. The number of ether oxygens (including phenoxy) is 2. The fraction of sp³-hybridized carbons (Fsp3) is 0.409. The monoisotopic (exact) mass is 415 g/mol. The molecule has 0 bridgehead atoms. The van der Waals surface area contributed by atoms with E-state index in [0.717, 1.165) is 25.5 Å². The predicted molar refractivity (Wildman–Crippen MR) is 107 cm³/mol. The van der Waals surface area contributed by atoms with E-state index in [9.17, 15) is 8.78 Å². The van der Waals surface area contributed by atoms with Gasteiger partial charge in [-0.2, -0.15) is 0 Å². The molecular formula is C22H23F2N3O3. The van der Waals surface area contributed by atoms with E-state index in [1.165, 1.54) is 17.2 Å². The molecule has 0 radical (unpaired) electrons. The number of guanidine groups is 1. The second-order valence-electron chi connectivity index (χ2n) is 8.05. The van der Waals surface area contributed by atoms with Crippen molar-refractivity contribution in [1.29, 1.82) is 0 Å². The molecule has 8 heteroatoms. The maximum atomic E-state index is 13.8. The lowest BCUT2D eigenvalue weighted by atomic mass is 9.84. The molecule has 5 rings (SSSR count). The van der Waals surface area contributed by atoms with Crippen LogP contribution in [0.3, 0.4) is 0 Å². The summed E-state index contributed by atoms with van der Waals surface area (Å²) in [4.78, 5) is 10.8. The van der Waals surface area contributed by atoms with E-state index in [4.69, 9.17) is 20.0 Å². The van der Waals surface area contributed by atoms with Gasteiger partial charge in [0.1, 0.15) is 23.5 Å². The third-order valence-electron chi connectivity index (χ3n) is 5.98. The third-order valence-corrected chi connectivity index (χ3v) is 5.98. The normalized spacial score (nSPS) is 28.2. The van der Waals surface area contributed by atoms with Crippen LogP contribution in [0.4, 0.5) is 8.78 Å². The Balaban J connectivity index is 1.58. The van der Waals surface area contributed by atoms with Gasteiger partial charge in [-0.25, -0.2) is 23.7 Å². The summed E-state index contributed by atoms with van der Waals surface area (Å²) in [5, 5.41) is 1.44. The molecule has 6 nitrogen and oxygen atoms in total. The summed E-state index contributed by atoms with van der Waals surface area (Å²) in [5.74, 6) is -0.144. The molecule has 158 valence electrons. The Morgan fingerprint density at radius 1 is 1.13 bits per heavy atom. The first-order valence-corrected chi connectivity index (χ1v) is 10.1. The molecule has 0 saturated carbocycles. The van der Waals surface area contributed by atoms with E-state index in [2.05, 4.69) is 4.99 Å². The van der Waals surface area contributed by atoms with Crippen molar-refractivity contribution in [3.8, 4) is 16.9 Å². The average Bonchev–Trinajstić information content (AvgIpc) is 3.01. The maximum absolute atomic E-state index is 13.8. The van der Waals surface area contributed by atoms with Gasteiger partial charge >= 0.3 is 0 Å². The number of rotatable bonds is 2. The number of hydrogen-bond acceptors (Lipinski definition) is 6. The highest BCUT2D eigenvalue weighted by molar-refractivity contribution is 5.79. The molecule has 3 atom stereocenters. The van der Waals surface area contributed by atoms with E-state index >= 15 is 0 Å². The number of hydrogen-bond donors (Lipinski definition) is 1. The van der Waals surface area contributed by atoms with E-state index in [1.807, 2.05) is 6.07 Å². The number of halogens is 2. The number of hydroxylamine groups is 2. The van der Waals surface area contributed by atoms with Crippen LogP contribution in [0, 0.1) is 17.6 Å². The Labute approximate surface area is 173 Å². The molecule has 3 aliphatic rings. The standard InChI is InChI=1S/C22H23F2N3O3/c1-27-21(25)26-22(30-27)11-20(14-3-2-6-28-12-14)29-19-5-4-13(9-18(19)22)15-7-16(23)10-17(24)8-15/h4-5,7-10,14,20H,2-3,6,11-12H2,1H3,(H2,25,26). The van der Waals surface area contributed by atoms with Gasteiger partial charge in [0.2, 0.25) is 11.7 Å². The Morgan fingerprint density at radius 2 is 1.93 bits per heavy atom. The van der Waals surface area contributed by atoms with Gasteiger partial charge < -0.3 is 15.2 Å². The lowest BCUT2D eigenvalue weighted by Gasteiger charge is -2.41. The van der Waals surface area contributed by atoms with Crippen LogP contribution in [-0.4, -0.2) is 37.4 Å². The van der Waals surface area contributed by atoms with Gasteiger partial charge in [0, 0.05) is 32.1 Å². The molecule has 3 unspecified atom stereocenters. The minimum absolute atomic E-state index is 0.140. The summed E-state index contributed by atoms with van der Waals surface area (Å²) in [5.41, 5.74) is 6.75. The fourth-order valence-electron chi connectivity index (χ4n) is 4.49. The Hall–Kier alpha value is -2.71. The quantitative estimate of drug-likeness (QED) is 0.812. The van der Waals surface area contributed by atoms with Crippen molar-refractivity contribution in [1.82, 2.24) is 5.06 Å². The van der Waals surface area contributed by atoms with Gasteiger partial charge in [-0.05, 0) is 48.2 Å². The summed E-state index contributed by atoms with van der Waals surface area (Å²) in [6.45, 7) is 1.40. The molecule has 2 N–H and O–H groups in total. The van der Waals surface area contributed by atoms with Crippen LogP contribution in [0.2, 0.25) is 0 Å². The highest BCUT2D eigenvalue weighted by Gasteiger charge is 2.50. The number of nitrogens with zero attached hydrogens (tertiary/aromatic N) is 2. The summed E-state index contributed by atoms with van der Waals surface area (Å²) in [6.07, 6.45) is 2.32. The topological polar surface area (TPSA) is 69.3 Å². The zero-order valence-electron chi connectivity index (χ0n) is 16.6. The average molecular weight is 415 g/mol. The van der Waals surface area contributed by atoms with Crippen LogP contribution in [-0.2, 0) is 15.3 Å². The molecule has 1 saturated heterocycles.